The van der Waals surface area contributed by atoms with Gasteiger partial charge in [-0.25, -0.2) is 13.8 Å². The van der Waals surface area contributed by atoms with Crippen LogP contribution >= 0.6 is 0 Å². The fourth-order valence-corrected chi connectivity index (χ4v) is 4.19. The summed E-state index contributed by atoms with van der Waals surface area (Å²) in [5, 5.41) is 2.42. The molecule has 0 spiro atoms. The van der Waals surface area contributed by atoms with Crippen LogP contribution in [-0.2, 0) is 12.8 Å². The van der Waals surface area contributed by atoms with E-state index in [1.807, 2.05) is 19.9 Å². The molecule has 3 aromatic rings. The fourth-order valence-electron chi connectivity index (χ4n) is 4.19. The van der Waals surface area contributed by atoms with Gasteiger partial charge in [-0.3, -0.25) is 14.5 Å². The van der Waals surface area contributed by atoms with Crippen LogP contribution in [0, 0.1) is 25.5 Å². The number of carbonyl (C=O) groups is 2. The van der Waals surface area contributed by atoms with E-state index in [9.17, 15) is 18.4 Å². The Labute approximate surface area is 185 Å². The Hall–Kier alpha value is -3.61. The number of anilines is 1. The van der Waals surface area contributed by atoms with Crippen LogP contribution in [0.2, 0.25) is 0 Å². The quantitative estimate of drug-likeness (QED) is 0.670. The summed E-state index contributed by atoms with van der Waals surface area (Å²) >= 11 is 0. The molecule has 0 unspecified atom stereocenters. The Morgan fingerprint density at radius 2 is 1.91 bits per heavy atom. The molecule has 0 fully saturated rings. The maximum absolute atomic E-state index is 14.4. The molecule has 2 aromatic carbocycles. The number of carbonyl (C=O) groups excluding carboxylic acids is 2. The Balaban J connectivity index is 1.70. The Bertz CT molecular complexity index is 1240. The van der Waals surface area contributed by atoms with Gasteiger partial charge in [0.05, 0.1) is 5.56 Å². The molecule has 4 rings (SSSR count). The molecule has 0 atom stereocenters. The molecule has 1 N–H and O–H groups in total. The predicted molar refractivity (Wildman–Crippen MR) is 118 cm³/mol. The van der Waals surface area contributed by atoms with Gasteiger partial charge < -0.3 is 5.32 Å². The van der Waals surface area contributed by atoms with Crippen LogP contribution in [0.5, 0.6) is 0 Å². The molecule has 0 saturated carbocycles. The number of nitrogens with one attached hydrogen (secondary N) is 1. The first-order chi connectivity index (χ1) is 15.3. The monoisotopic (exact) mass is 435 g/mol. The van der Waals surface area contributed by atoms with Crippen molar-refractivity contribution < 1.29 is 18.4 Å². The van der Waals surface area contributed by atoms with Crippen LogP contribution in [-0.4, -0.2) is 30.4 Å². The molecule has 5 nitrogen and oxygen atoms in total. The van der Waals surface area contributed by atoms with Gasteiger partial charge in [-0.1, -0.05) is 6.07 Å². The minimum Gasteiger partial charge on any atom is -0.355 e. The van der Waals surface area contributed by atoms with E-state index in [4.69, 9.17) is 0 Å². The van der Waals surface area contributed by atoms with Crippen molar-refractivity contribution in [2.75, 3.05) is 18.5 Å². The summed E-state index contributed by atoms with van der Waals surface area (Å²) < 4.78 is 28.7. The number of hydrogen-bond donors (Lipinski definition) is 1. The second-order valence-electron chi connectivity index (χ2n) is 7.90. The molecule has 1 aliphatic heterocycles. The van der Waals surface area contributed by atoms with Crippen LogP contribution in [0.4, 0.5) is 14.6 Å². The molecule has 2 amide bonds. The average Bonchev–Trinajstić information content (AvgIpc) is 2.78. The van der Waals surface area contributed by atoms with Crippen molar-refractivity contribution in [2.24, 2.45) is 0 Å². The molecule has 0 aliphatic carbocycles. The third-order valence-electron chi connectivity index (χ3n) is 6.10. The van der Waals surface area contributed by atoms with E-state index in [-0.39, 0.29) is 17.3 Å². The topological polar surface area (TPSA) is 62.3 Å². The molecule has 164 valence electrons. The van der Waals surface area contributed by atoms with Crippen LogP contribution < -0.4 is 10.2 Å². The minimum absolute atomic E-state index is 0.0159. The summed E-state index contributed by atoms with van der Waals surface area (Å²) in [5.74, 6) is -1.89. The van der Waals surface area contributed by atoms with Gasteiger partial charge in [0, 0.05) is 25.4 Å². The lowest BCUT2D eigenvalue weighted by Crippen LogP contribution is -2.39. The standard InChI is InChI=1S/C25H23F2N3O2/c1-14-15(2)18-8-10-30(23-21(26)5-4-9-29-23)25(32)20(18)13-17(14)11-16-6-7-19(22(27)12-16)24(31)28-3/h4-7,9,12-13H,8,10-11H2,1-3H3,(H,28,31). The summed E-state index contributed by atoms with van der Waals surface area (Å²) in [4.78, 5) is 30.4. The summed E-state index contributed by atoms with van der Waals surface area (Å²) in [6.45, 7) is 4.30. The lowest BCUT2D eigenvalue weighted by molar-refractivity contribution is 0.0956. The van der Waals surface area contributed by atoms with Crippen LogP contribution in [0.15, 0.2) is 42.6 Å². The van der Waals surface area contributed by atoms with E-state index in [0.717, 1.165) is 22.3 Å². The number of aromatic nitrogens is 1. The zero-order chi connectivity index (χ0) is 23.0. The largest absolute Gasteiger partial charge is 0.355 e. The highest BCUT2D eigenvalue weighted by Crippen LogP contribution is 2.31. The molecule has 1 aliphatic rings. The summed E-state index contributed by atoms with van der Waals surface area (Å²) in [6, 6.07) is 9.10. The highest BCUT2D eigenvalue weighted by Gasteiger charge is 2.30. The third kappa shape index (κ3) is 3.75. The normalized spacial score (nSPS) is 13.2. The minimum atomic E-state index is -0.595. The molecule has 1 aromatic heterocycles. The first-order valence-electron chi connectivity index (χ1n) is 10.4. The fraction of sp³-hybridized carbons (Fsp3) is 0.240. The summed E-state index contributed by atoms with van der Waals surface area (Å²) in [5.41, 5.74) is 5.06. The van der Waals surface area contributed by atoms with Gasteiger partial charge in [0.1, 0.15) is 5.82 Å². The molecule has 7 heteroatoms. The molecule has 32 heavy (non-hydrogen) atoms. The number of hydrogen-bond acceptors (Lipinski definition) is 3. The zero-order valence-electron chi connectivity index (χ0n) is 18.1. The van der Waals surface area contributed by atoms with Crippen LogP contribution in [0.1, 0.15) is 48.5 Å². The molecule has 0 radical (unpaired) electrons. The van der Waals surface area contributed by atoms with Crippen molar-refractivity contribution in [3.8, 4) is 0 Å². The molecule has 2 heterocycles. The van der Waals surface area contributed by atoms with E-state index < -0.39 is 17.5 Å². The van der Waals surface area contributed by atoms with Crippen LogP contribution in [0.3, 0.4) is 0 Å². The number of pyridine rings is 1. The van der Waals surface area contributed by atoms with E-state index in [1.54, 1.807) is 6.07 Å². The molecule has 0 bridgehead atoms. The van der Waals surface area contributed by atoms with Crippen LogP contribution in [0.25, 0.3) is 0 Å². The Morgan fingerprint density at radius 3 is 2.59 bits per heavy atom. The van der Waals surface area contributed by atoms with E-state index in [0.29, 0.717) is 30.5 Å². The highest BCUT2D eigenvalue weighted by molar-refractivity contribution is 6.08. The third-order valence-corrected chi connectivity index (χ3v) is 6.10. The second kappa shape index (κ2) is 8.49. The van der Waals surface area contributed by atoms with E-state index in [2.05, 4.69) is 10.3 Å². The second-order valence-corrected chi connectivity index (χ2v) is 7.90. The molecule has 0 saturated heterocycles. The van der Waals surface area contributed by atoms with Crippen molar-refractivity contribution >= 4 is 17.6 Å². The van der Waals surface area contributed by atoms with Gasteiger partial charge in [-0.05, 0) is 84.8 Å². The first-order valence-corrected chi connectivity index (χ1v) is 10.4. The van der Waals surface area contributed by atoms with Gasteiger partial charge in [0.15, 0.2) is 11.6 Å². The maximum atomic E-state index is 14.4. The van der Waals surface area contributed by atoms with E-state index >= 15 is 0 Å². The number of benzene rings is 2. The number of fused-ring (bicyclic) bond motifs is 1. The van der Waals surface area contributed by atoms with Gasteiger partial charge in [-0.15, -0.1) is 0 Å². The molecular weight excluding hydrogens is 412 g/mol. The SMILES string of the molecule is CNC(=O)c1ccc(Cc2cc3c(c(C)c2C)CCN(c2ncccc2F)C3=O)cc1F. The van der Waals surface area contributed by atoms with Crippen molar-refractivity contribution in [3.05, 3.63) is 93.2 Å². The Morgan fingerprint density at radius 1 is 1.12 bits per heavy atom. The average molecular weight is 435 g/mol. The van der Waals surface area contributed by atoms with Gasteiger partial charge in [0.2, 0.25) is 0 Å². The predicted octanol–water partition coefficient (Wildman–Crippen LogP) is 4.13. The van der Waals surface area contributed by atoms with Gasteiger partial charge in [0.25, 0.3) is 11.8 Å². The van der Waals surface area contributed by atoms with Crippen molar-refractivity contribution in [2.45, 2.75) is 26.7 Å². The number of rotatable bonds is 4. The lowest BCUT2D eigenvalue weighted by atomic mass is 9.86. The van der Waals surface area contributed by atoms with Crippen molar-refractivity contribution in [3.63, 3.8) is 0 Å². The first kappa shape index (κ1) is 21.6. The highest BCUT2D eigenvalue weighted by atomic mass is 19.1. The van der Waals surface area contributed by atoms with Crippen molar-refractivity contribution in [1.29, 1.82) is 0 Å². The summed E-state index contributed by atoms with van der Waals surface area (Å²) in [6.07, 6.45) is 2.46. The smallest absolute Gasteiger partial charge is 0.259 e. The summed E-state index contributed by atoms with van der Waals surface area (Å²) in [7, 11) is 1.45. The Kier molecular flexibility index (Phi) is 5.74. The molecular formula is C25H23F2N3O2. The zero-order valence-corrected chi connectivity index (χ0v) is 18.1. The van der Waals surface area contributed by atoms with E-state index in [1.165, 1.54) is 42.4 Å². The number of nitrogens with zero attached hydrogens (tertiary/aromatic N) is 2. The number of amides is 2. The lowest BCUT2D eigenvalue weighted by Gasteiger charge is -2.30. The maximum Gasteiger partial charge on any atom is 0.259 e. The number of halogens is 2. The van der Waals surface area contributed by atoms with Gasteiger partial charge >= 0.3 is 0 Å². The van der Waals surface area contributed by atoms with Crippen molar-refractivity contribution in [1.82, 2.24) is 10.3 Å². The van der Waals surface area contributed by atoms with Gasteiger partial charge in [-0.2, -0.15) is 0 Å².